The maximum absolute atomic E-state index is 10.1. The lowest BCUT2D eigenvalue weighted by Gasteiger charge is -1.56. The minimum atomic E-state index is -0.909. The Morgan fingerprint density at radius 3 is 2.22 bits per heavy atom. The standard InChI is InChI=1S/C3H3NOS.N3/c5-6-3-1-2-4-6;1-3-2/h1-3H;/q;-1/p+1. The fourth-order valence-corrected chi connectivity index (χ4v) is 0.769. The van der Waals surface area contributed by atoms with E-state index in [9.17, 15) is 4.21 Å². The van der Waals surface area contributed by atoms with Crippen molar-refractivity contribution in [2.45, 2.75) is 0 Å². The predicted molar refractivity (Wildman–Crippen MR) is 34.4 cm³/mol. The molecule has 0 aliphatic carbocycles. The Labute approximate surface area is 54.1 Å². The van der Waals surface area contributed by atoms with Gasteiger partial charge in [0.05, 0.1) is 5.41 Å². The van der Waals surface area contributed by atoms with Gasteiger partial charge in [0.1, 0.15) is 0 Å². The second-order valence-corrected chi connectivity index (χ2v) is 2.10. The molecule has 1 heterocycles. The van der Waals surface area contributed by atoms with Crippen LogP contribution in [0.2, 0.25) is 0 Å². The first-order valence-corrected chi connectivity index (χ1v) is 3.17. The molecule has 0 saturated heterocycles. The van der Waals surface area contributed by atoms with Gasteiger partial charge in [0.15, 0.2) is 6.21 Å². The van der Waals surface area contributed by atoms with Crippen molar-refractivity contribution in [3.8, 4) is 0 Å². The van der Waals surface area contributed by atoms with Crippen LogP contribution in [0, 0.1) is 0 Å². The lowest BCUT2D eigenvalue weighted by Crippen LogP contribution is -2.65. The Morgan fingerprint density at radius 2 is 2.11 bits per heavy atom. The highest BCUT2D eigenvalue weighted by atomic mass is 32.2. The third-order valence-corrected chi connectivity index (χ3v) is 1.26. The van der Waals surface area contributed by atoms with E-state index in [0.29, 0.717) is 0 Å². The number of hydrogen-bond acceptors (Lipinski definition) is 1. The summed E-state index contributed by atoms with van der Waals surface area (Å²) in [5, 5.41) is 1.58. The van der Waals surface area contributed by atoms with Gasteiger partial charge in [-0.15, -0.1) is 0 Å². The van der Waals surface area contributed by atoms with E-state index in [1.807, 2.05) is 0 Å². The zero-order valence-corrected chi connectivity index (χ0v) is 5.21. The highest BCUT2D eigenvalue weighted by Gasteiger charge is 1.96. The minimum Gasteiger partial charge on any atom is -0.373 e. The normalized spacial score (nSPS) is 20.2. The summed E-state index contributed by atoms with van der Waals surface area (Å²) in [7, 11) is -0.909. The molecule has 0 amide bonds. The molecule has 9 heavy (non-hydrogen) atoms. The maximum atomic E-state index is 10.1. The molecule has 48 valence electrons. The van der Waals surface area contributed by atoms with Gasteiger partial charge in [-0.1, -0.05) is 0 Å². The summed E-state index contributed by atoms with van der Waals surface area (Å²) >= 11 is 0. The fraction of sp³-hybridized carbons (Fsp3) is 0. The lowest BCUT2D eigenvalue weighted by molar-refractivity contribution is -0.244. The molecule has 0 aromatic heterocycles. The molecule has 0 spiro atoms. The average Bonchev–Trinajstić information content (AvgIpc) is 2.20. The molecule has 1 atom stereocenters. The molecule has 0 saturated carbocycles. The van der Waals surface area contributed by atoms with Gasteiger partial charge in [-0.25, -0.2) is 0 Å². The quantitative estimate of drug-likeness (QED) is 0.269. The van der Waals surface area contributed by atoms with Crippen LogP contribution in [0.15, 0.2) is 11.5 Å². The second kappa shape index (κ2) is 5.02. The Hall–Kier alpha value is -1.13. The first-order valence-electron chi connectivity index (χ1n) is 1.96. The van der Waals surface area contributed by atoms with Crippen molar-refractivity contribution in [3.63, 3.8) is 0 Å². The van der Waals surface area contributed by atoms with Crippen molar-refractivity contribution in [1.82, 2.24) is 0 Å². The van der Waals surface area contributed by atoms with E-state index < -0.39 is 11.0 Å². The smallest absolute Gasteiger partial charge is 0.306 e. The summed E-state index contributed by atoms with van der Waals surface area (Å²) in [6.07, 6.45) is 3.37. The van der Waals surface area contributed by atoms with Gasteiger partial charge >= 0.3 is 11.0 Å². The minimum absolute atomic E-state index is 0.909. The molecule has 0 fully saturated rings. The van der Waals surface area contributed by atoms with Crippen LogP contribution >= 0.6 is 0 Å². The van der Waals surface area contributed by atoms with Crippen LogP contribution in [-0.4, -0.2) is 10.4 Å². The van der Waals surface area contributed by atoms with Gasteiger partial charge < -0.3 is 11.1 Å². The Kier molecular flexibility index (Phi) is 4.39. The number of hydrogen-bond donors (Lipinski definition) is 1. The summed E-state index contributed by atoms with van der Waals surface area (Å²) < 4.78 is 12.7. The lowest BCUT2D eigenvalue weighted by atomic mass is 10.7. The Bertz CT molecular complexity index is 176. The number of nitrogens with one attached hydrogen (secondary N) is 1. The van der Waals surface area contributed by atoms with E-state index >= 15 is 0 Å². The molecule has 6 heteroatoms. The van der Waals surface area contributed by atoms with Gasteiger partial charge in [0, 0.05) is 6.08 Å². The van der Waals surface area contributed by atoms with E-state index in [2.05, 4.69) is 4.40 Å². The molecule has 0 bridgehead atoms. The summed E-state index contributed by atoms with van der Waals surface area (Å²) in [6.45, 7) is 0. The van der Waals surface area contributed by atoms with Crippen molar-refractivity contribution in [3.05, 3.63) is 27.5 Å². The van der Waals surface area contributed by atoms with Crippen LogP contribution in [0.1, 0.15) is 0 Å². The molecule has 5 nitrogen and oxygen atoms in total. The summed E-state index contributed by atoms with van der Waals surface area (Å²) in [5.41, 5.74) is 13.5. The molecule has 0 radical (unpaired) electrons. The van der Waals surface area contributed by atoms with E-state index in [-0.39, 0.29) is 0 Å². The van der Waals surface area contributed by atoms with Crippen LogP contribution in [0.3, 0.4) is 0 Å². The second-order valence-electron chi connectivity index (χ2n) is 1.000. The Morgan fingerprint density at radius 1 is 1.56 bits per heavy atom. The van der Waals surface area contributed by atoms with Gasteiger partial charge in [-0.3, -0.25) is 4.91 Å². The first-order chi connectivity index (χ1) is 4.31. The van der Waals surface area contributed by atoms with Crippen LogP contribution in [-0.2, 0) is 11.0 Å². The van der Waals surface area contributed by atoms with E-state index in [1.54, 1.807) is 17.7 Å². The maximum Gasteiger partial charge on any atom is 0.306 e. The fourth-order valence-electron chi connectivity index (χ4n) is 0.256. The van der Waals surface area contributed by atoms with Gasteiger partial charge in [-0.05, 0) is 0 Å². The summed E-state index contributed by atoms with van der Waals surface area (Å²) in [5.74, 6) is 0. The molecule has 1 unspecified atom stereocenters. The van der Waals surface area contributed by atoms with Crippen LogP contribution in [0.25, 0.3) is 16.0 Å². The highest BCUT2D eigenvalue weighted by Crippen LogP contribution is 1.69. The van der Waals surface area contributed by atoms with E-state index in [4.69, 9.17) is 11.1 Å². The van der Waals surface area contributed by atoms with Gasteiger partial charge in [0.2, 0.25) is 0 Å². The van der Waals surface area contributed by atoms with Crippen LogP contribution in [0.5, 0.6) is 0 Å². The van der Waals surface area contributed by atoms with Crippen molar-refractivity contribution in [2.24, 2.45) is 0 Å². The van der Waals surface area contributed by atoms with Gasteiger partial charge in [0.25, 0.3) is 0 Å². The number of rotatable bonds is 0. The van der Waals surface area contributed by atoms with E-state index in [1.165, 1.54) is 4.91 Å². The molecule has 1 rings (SSSR count). The highest BCUT2D eigenvalue weighted by molar-refractivity contribution is 7.81. The largest absolute Gasteiger partial charge is 0.373 e. The zero-order valence-electron chi connectivity index (χ0n) is 4.39. The third-order valence-electron chi connectivity index (χ3n) is 0.483. The van der Waals surface area contributed by atoms with Crippen LogP contribution < -0.4 is 4.40 Å². The number of allylic oxidation sites excluding steroid dienone is 1. The topological polar surface area (TPSA) is 89.7 Å². The van der Waals surface area contributed by atoms with Crippen molar-refractivity contribution in [2.75, 3.05) is 0 Å². The van der Waals surface area contributed by atoms with Crippen molar-refractivity contribution >= 4 is 17.2 Å². The van der Waals surface area contributed by atoms with Crippen molar-refractivity contribution < 1.29 is 8.61 Å². The molecule has 1 N–H and O–H groups in total. The third kappa shape index (κ3) is 4.73. The summed E-state index contributed by atoms with van der Waals surface area (Å²) in [6, 6.07) is 0. The first kappa shape index (κ1) is 7.87. The molecule has 0 aromatic carbocycles. The summed E-state index contributed by atoms with van der Waals surface area (Å²) in [4.78, 5) is 1.50. The molecular formula is C3H4N4OS. The van der Waals surface area contributed by atoms with Gasteiger partial charge in [-0.2, -0.15) is 8.61 Å². The number of nitrogens with zero attached hydrogens (tertiary/aromatic N) is 3. The average molecular weight is 144 g/mol. The molecule has 1 aliphatic rings. The van der Waals surface area contributed by atoms with E-state index in [0.717, 1.165) is 0 Å². The monoisotopic (exact) mass is 144 g/mol. The Balaban J connectivity index is 0.000000187. The predicted octanol–water partition coefficient (Wildman–Crippen LogP) is -0.805. The van der Waals surface area contributed by atoms with Crippen molar-refractivity contribution in [1.29, 1.82) is 0 Å². The molecule has 0 aromatic rings. The van der Waals surface area contributed by atoms with Crippen LogP contribution in [0.4, 0.5) is 0 Å². The SMILES string of the molecule is O=S1C=CC=[NH+]1.[N-]=[N+]=[N-]. The molecule has 1 aliphatic heterocycles. The zero-order chi connectivity index (χ0) is 7.11. The molecular weight excluding hydrogens is 140 g/mol.